The summed E-state index contributed by atoms with van der Waals surface area (Å²) in [6, 6.07) is 6.78. The number of methoxy groups -OCH3 is 2. The van der Waals surface area contributed by atoms with E-state index in [0.29, 0.717) is 63.3 Å². The number of fused-ring (bicyclic) bond motifs is 8. The average molecular weight is 663 g/mol. The van der Waals surface area contributed by atoms with Crippen molar-refractivity contribution >= 4 is 62.1 Å². The number of hydrogen-bond acceptors (Lipinski definition) is 7. The van der Waals surface area contributed by atoms with Gasteiger partial charge in [0.05, 0.1) is 48.6 Å². The molecule has 0 spiro atoms. The number of allylic oxidation sites excluding steroid dienone is 4. The van der Waals surface area contributed by atoms with E-state index in [2.05, 4.69) is 9.97 Å². The predicted octanol–water partition coefficient (Wildman–Crippen LogP) is 8.29. The number of rotatable bonds is 8. The molecule has 8 bridgehead atoms. The largest absolute Gasteiger partial charge is 0.469 e. The van der Waals surface area contributed by atoms with Gasteiger partial charge in [-0.25, -0.2) is 14.4 Å². The molecule has 3 aromatic rings. The Morgan fingerprint density at radius 3 is 1.69 bits per heavy atom. The molecule has 9 nitrogen and oxygen atoms in total. The van der Waals surface area contributed by atoms with E-state index in [-0.39, 0.29) is 35.5 Å². The Morgan fingerprint density at radius 2 is 1.21 bits per heavy atom. The van der Waals surface area contributed by atoms with Gasteiger partial charge in [0.2, 0.25) is 0 Å². The number of carbonyl (C=O) groups excluding carboxylic acids is 2. The summed E-state index contributed by atoms with van der Waals surface area (Å²) in [7, 11) is 2.64. The smallest absolute Gasteiger partial charge is 0.306 e. The third-order valence-electron chi connectivity index (χ3n) is 9.00. The first-order valence-corrected chi connectivity index (χ1v) is 15.4. The SMILES string of the molecule is COC(=O)CCC1=C(C)c2cc3[nH]c(cc4[nH]c(cc5nc(cc1n2)C(CCC(=O)OC)=C5C)c(C(C)O)c4C)c(C(F)=C(F)F)c3C. The minimum Gasteiger partial charge on any atom is -0.469 e. The van der Waals surface area contributed by atoms with Crippen molar-refractivity contribution in [2.75, 3.05) is 14.2 Å². The highest BCUT2D eigenvalue weighted by Crippen LogP contribution is 2.39. The number of H-pyrrole nitrogens is 2. The summed E-state index contributed by atoms with van der Waals surface area (Å²) in [5.41, 5.74) is 7.85. The molecule has 252 valence electrons. The summed E-state index contributed by atoms with van der Waals surface area (Å²) >= 11 is 0. The maximum absolute atomic E-state index is 15.1. The topological polar surface area (TPSA) is 130 Å². The van der Waals surface area contributed by atoms with Crippen molar-refractivity contribution in [3.8, 4) is 0 Å². The highest BCUT2D eigenvalue weighted by molar-refractivity contribution is 5.97. The standard InChI is InChI=1S/C36H37F3N4O5/c1-16-21(8-10-31(45)47-6)27-15-28-22(9-11-32(46)48-7)17(2)24(41-28)13-29-33(20(5)44)18(3)26(42-29)14-30-34(35(37)36(38)39)19(4)25(43-30)12-23(16)40-27/h12-15,20,42-44H,8-11H2,1-7H3. The minimum absolute atomic E-state index is 0.0813. The van der Waals surface area contributed by atoms with E-state index in [0.717, 1.165) is 22.3 Å². The summed E-state index contributed by atoms with van der Waals surface area (Å²) < 4.78 is 52.4. The first-order valence-electron chi connectivity index (χ1n) is 15.4. The normalized spacial score (nSPS) is 13.6. The maximum Gasteiger partial charge on any atom is 0.306 e. The number of ether oxygens (including phenoxy) is 2. The summed E-state index contributed by atoms with van der Waals surface area (Å²) in [6.45, 7) is 8.66. The Balaban J connectivity index is 1.94. The van der Waals surface area contributed by atoms with E-state index in [1.165, 1.54) is 20.3 Å². The highest BCUT2D eigenvalue weighted by Gasteiger charge is 2.24. The maximum atomic E-state index is 15.1. The molecule has 0 fully saturated rings. The van der Waals surface area contributed by atoms with Gasteiger partial charge >= 0.3 is 18.0 Å². The molecular weight excluding hydrogens is 625 g/mol. The fourth-order valence-electron chi connectivity index (χ4n) is 6.33. The van der Waals surface area contributed by atoms with Gasteiger partial charge in [-0.05, 0) is 105 Å². The molecular formula is C36H37F3N4O5. The van der Waals surface area contributed by atoms with Crippen molar-refractivity contribution in [1.82, 2.24) is 19.9 Å². The van der Waals surface area contributed by atoms with Gasteiger partial charge in [-0.3, -0.25) is 9.59 Å². The second kappa shape index (κ2) is 13.6. The van der Waals surface area contributed by atoms with Crippen LogP contribution in [0.2, 0.25) is 0 Å². The van der Waals surface area contributed by atoms with Gasteiger partial charge in [-0.1, -0.05) is 0 Å². The van der Waals surface area contributed by atoms with Crippen molar-refractivity contribution in [3.63, 3.8) is 0 Å². The van der Waals surface area contributed by atoms with Gasteiger partial charge in [0.15, 0.2) is 5.83 Å². The molecule has 1 unspecified atom stereocenters. The molecule has 0 aliphatic carbocycles. The van der Waals surface area contributed by atoms with Gasteiger partial charge in [-0.2, -0.15) is 8.78 Å². The van der Waals surface area contributed by atoms with Crippen LogP contribution in [-0.4, -0.2) is 51.2 Å². The molecule has 12 heteroatoms. The van der Waals surface area contributed by atoms with E-state index >= 15 is 4.39 Å². The van der Waals surface area contributed by atoms with Crippen LogP contribution < -0.4 is 0 Å². The first-order chi connectivity index (χ1) is 22.7. The van der Waals surface area contributed by atoms with Crippen LogP contribution in [0.25, 0.3) is 50.2 Å². The Morgan fingerprint density at radius 1 is 0.729 bits per heavy atom. The third kappa shape index (κ3) is 6.44. The van der Waals surface area contributed by atoms with Crippen LogP contribution in [0.5, 0.6) is 0 Å². The van der Waals surface area contributed by atoms with Crippen LogP contribution >= 0.6 is 0 Å². The van der Waals surface area contributed by atoms with Gasteiger partial charge in [0.25, 0.3) is 0 Å². The van der Waals surface area contributed by atoms with E-state index in [1.807, 2.05) is 13.8 Å². The predicted molar refractivity (Wildman–Crippen MR) is 179 cm³/mol. The fraction of sp³-hybridized carbons (Fsp3) is 0.333. The van der Waals surface area contributed by atoms with Crippen molar-refractivity contribution in [2.45, 2.75) is 66.4 Å². The zero-order valence-corrected chi connectivity index (χ0v) is 27.8. The number of nitrogens with one attached hydrogen (secondary N) is 2. The molecule has 48 heavy (non-hydrogen) atoms. The summed E-state index contributed by atoms with van der Waals surface area (Å²) in [6.07, 6.45) is -2.54. The van der Waals surface area contributed by atoms with Gasteiger partial charge < -0.3 is 24.5 Å². The Bertz CT molecular complexity index is 2100. The van der Waals surface area contributed by atoms with Gasteiger partial charge in [0, 0.05) is 40.5 Å². The van der Waals surface area contributed by atoms with Gasteiger partial charge in [0.1, 0.15) is 0 Å². The lowest BCUT2D eigenvalue weighted by atomic mass is 9.98. The van der Waals surface area contributed by atoms with Crippen molar-refractivity contribution < 1.29 is 37.3 Å². The number of carbonyl (C=O) groups is 2. The van der Waals surface area contributed by atoms with Crippen LogP contribution in [0.3, 0.4) is 0 Å². The van der Waals surface area contributed by atoms with Crippen molar-refractivity contribution in [2.24, 2.45) is 0 Å². The monoisotopic (exact) mass is 662 g/mol. The number of aryl methyl sites for hydroxylation is 2. The third-order valence-corrected chi connectivity index (χ3v) is 9.00. The quantitative estimate of drug-likeness (QED) is 0.207. The van der Waals surface area contributed by atoms with Crippen LogP contribution in [-0.2, 0) is 19.1 Å². The summed E-state index contributed by atoms with van der Waals surface area (Å²) in [4.78, 5) is 40.5. The second-order valence-corrected chi connectivity index (χ2v) is 11.9. The molecule has 0 amide bonds. The molecule has 0 radical (unpaired) electrons. The van der Waals surface area contributed by atoms with E-state index in [4.69, 9.17) is 19.4 Å². The van der Waals surface area contributed by atoms with Crippen LogP contribution in [0.15, 0.2) is 30.3 Å². The molecule has 3 aromatic heterocycles. The number of nitrogens with zero attached hydrogens (tertiary/aromatic N) is 2. The van der Waals surface area contributed by atoms with Crippen LogP contribution in [0.1, 0.15) is 97.6 Å². The number of aromatic nitrogens is 4. The molecule has 0 aromatic carbocycles. The lowest BCUT2D eigenvalue weighted by Gasteiger charge is -2.06. The van der Waals surface area contributed by atoms with Crippen LogP contribution in [0, 0.1) is 13.8 Å². The van der Waals surface area contributed by atoms with Crippen LogP contribution in [0.4, 0.5) is 13.2 Å². The number of halogens is 3. The lowest BCUT2D eigenvalue weighted by Crippen LogP contribution is -2.01. The second-order valence-electron chi connectivity index (χ2n) is 11.9. The minimum atomic E-state index is -2.45. The molecule has 0 saturated heterocycles. The van der Waals surface area contributed by atoms with E-state index in [1.54, 1.807) is 39.0 Å². The van der Waals surface area contributed by atoms with Crippen molar-refractivity contribution in [3.05, 3.63) is 75.4 Å². The highest BCUT2D eigenvalue weighted by atomic mass is 19.3. The number of esters is 2. The Kier molecular flexibility index (Phi) is 9.76. The first kappa shape index (κ1) is 34.4. The van der Waals surface area contributed by atoms with Gasteiger partial charge in [-0.15, -0.1) is 0 Å². The lowest BCUT2D eigenvalue weighted by molar-refractivity contribution is -0.141. The zero-order chi connectivity index (χ0) is 35.0. The number of aliphatic hydroxyl groups excluding tert-OH is 1. The molecule has 3 N–H and O–H groups in total. The van der Waals surface area contributed by atoms with Crippen molar-refractivity contribution in [1.29, 1.82) is 0 Å². The summed E-state index contributed by atoms with van der Waals surface area (Å²) in [5, 5.41) is 10.8. The Hall–Kier alpha value is -4.97. The molecule has 5 rings (SSSR count). The number of aliphatic hydroxyl groups is 1. The summed E-state index contributed by atoms with van der Waals surface area (Å²) in [5.74, 6) is -2.43. The number of hydrogen-bond donors (Lipinski definition) is 3. The van der Waals surface area contributed by atoms with E-state index < -0.39 is 24.0 Å². The average Bonchev–Trinajstić information content (AvgIpc) is 3.71. The molecule has 5 heterocycles. The van der Waals surface area contributed by atoms with E-state index in [9.17, 15) is 23.5 Å². The Labute approximate surface area is 275 Å². The molecule has 1 atom stereocenters. The molecule has 0 saturated carbocycles. The molecule has 2 aliphatic rings. The fourth-order valence-corrected chi connectivity index (χ4v) is 6.33. The number of aromatic amines is 2. The molecule has 2 aliphatic heterocycles. The zero-order valence-electron chi connectivity index (χ0n) is 27.8.